The van der Waals surface area contributed by atoms with E-state index in [4.69, 9.17) is 5.84 Å². The van der Waals surface area contributed by atoms with Crippen LogP contribution in [0, 0.1) is 6.92 Å². The molecule has 2 rings (SSSR count). The summed E-state index contributed by atoms with van der Waals surface area (Å²) in [4.78, 5) is 8.33. The average Bonchev–Trinajstić information content (AvgIpc) is 2.43. The quantitative estimate of drug-likeness (QED) is 0.621. The first-order valence-corrected chi connectivity index (χ1v) is 6.07. The van der Waals surface area contributed by atoms with Crippen LogP contribution in [0.15, 0.2) is 42.9 Å². The van der Waals surface area contributed by atoms with Gasteiger partial charge in [0.2, 0.25) is 0 Å². The highest BCUT2D eigenvalue weighted by atomic mass is 15.2. The molecule has 0 aliphatic rings. The highest BCUT2D eigenvalue weighted by molar-refractivity contribution is 5.21. The van der Waals surface area contributed by atoms with E-state index in [0.717, 1.165) is 18.5 Å². The number of hydrogen-bond acceptors (Lipinski definition) is 4. The van der Waals surface area contributed by atoms with E-state index in [9.17, 15) is 0 Å². The zero-order valence-corrected chi connectivity index (χ0v) is 10.5. The first-order chi connectivity index (χ1) is 8.79. The minimum Gasteiger partial charge on any atom is -0.271 e. The Morgan fingerprint density at radius 3 is 2.61 bits per heavy atom. The van der Waals surface area contributed by atoms with Gasteiger partial charge in [-0.1, -0.05) is 29.8 Å². The summed E-state index contributed by atoms with van der Waals surface area (Å²) >= 11 is 0. The lowest BCUT2D eigenvalue weighted by molar-refractivity contribution is 0.503. The number of aromatic nitrogens is 2. The van der Waals surface area contributed by atoms with E-state index in [1.165, 1.54) is 11.1 Å². The summed E-state index contributed by atoms with van der Waals surface area (Å²) in [5, 5.41) is 0. The van der Waals surface area contributed by atoms with Gasteiger partial charge in [-0.05, 0) is 25.3 Å². The number of hydrogen-bond donors (Lipinski definition) is 2. The second kappa shape index (κ2) is 6.23. The molecule has 1 atom stereocenters. The van der Waals surface area contributed by atoms with Crippen molar-refractivity contribution in [3.8, 4) is 0 Å². The van der Waals surface area contributed by atoms with Gasteiger partial charge < -0.3 is 0 Å². The lowest BCUT2D eigenvalue weighted by Gasteiger charge is -2.14. The number of nitrogens with zero attached hydrogens (tertiary/aromatic N) is 2. The van der Waals surface area contributed by atoms with E-state index in [1.807, 2.05) is 0 Å². The molecule has 0 aliphatic heterocycles. The van der Waals surface area contributed by atoms with E-state index >= 15 is 0 Å². The van der Waals surface area contributed by atoms with Crippen LogP contribution < -0.4 is 11.3 Å². The van der Waals surface area contributed by atoms with Crippen LogP contribution in [-0.4, -0.2) is 9.97 Å². The third kappa shape index (κ3) is 3.35. The molecular weight excluding hydrogens is 224 g/mol. The molecule has 0 spiro atoms. The molecular formula is C14H18N4. The molecule has 1 heterocycles. The Kier molecular flexibility index (Phi) is 4.39. The topological polar surface area (TPSA) is 63.8 Å². The zero-order chi connectivity index (χ0) is 12.8. The Bertz CT molecular complexity index is 467. The van der Waals surface area contributed by atoms with Crippen molar-refractivity contribution in [3.63, 3.8) is 0 Å². The van der Waals surface area contributed by atoms with Crippen LogP contribution in [0.3, 0.4) is 0 Å². The van der Waals surface area contributed by atoms with Gasteiger partial charge in [0, 0.05) is 12.4 Å². The number of nitrogens with one attached hydrogen (secondary N) is 1. The van der Waals surface area contributed by atoms with Crippen molar-refractivity contribution in [3.05, 3.63) is 59.7 Å². The number of benzene rings is 1. The summed E-state index contributed by atoms with van der Waals surface area (Å²) in [6.45, 7) is 2.09. The number of rotatable bonds is 5. The standard InChI is InChI=1S/C14H18N4/c1-11-2-4-12(5-3-11)6-7-13(18-15)14-10-16-8-9-17-14/h2-5,8-10,13,18H,6-7,15H2,1H3. The Morgan fingerprint density at radius 2 is 2.00 bits per heavy atom. The predicted octanol–water partition coefficient (Wildman–Crippen LogP) is 1.92. The molecule has 94 valence electrons. The van der Waals surface area contributed by atoms with Gasteiger partial charge in [-0.15, -0.1) is 0 Å². The fourth-order valence-corrected chi connectivity index (χ4v) is 1.87. The first-order valence-electron chi connectivity index (χ1n) is 6.07. The second-order valence-corrected chi connectivity index (χ2v) is 4.37. The highest BCUT2D eigenvalue weighted by Crippen LogP contribution is 2.15. The molecule has 0 saturated heterocycles. The maximum absolute atomic E-state index is 5.58. The van der Waals surface area contributed by atoms with Gasteiger partial charge in [-0.3, -0.25) is 21.2 Å². The van der Waals surface area contributed by atoms with Crippen molar-refractivity contribution in [2.24, 2.45) is 5.84 Å². The van der Waals surface area contributed by atoms with E-state index in [2.05, 4.69) is 46.6 Å². The van der Waals surface area contributed by atoms with Crippen LogP contribution in [0.2, 0.25) is 0 Å². The van der Waals surface area contributed by atoms with Crippen LogP contribution in [0.5, 0.6) is 0 Å². The maximum atomic E-state index is 5.58. The van der Waals surface area contributed by atoms with E-state index in [-0.39, 0.29) is 6.04 Å². The van der Waals surface area contributed by atoms with Crippen molar-refractivity contribution in [2.45, 2.75) is 25.8 Å². The third-order valence-electron chi connectivity index (χ3n) is 2.98. The van der Waals surface area contributed by atoms with Gasteiger partial charge in [0.15, 0.2) is 0 Å². The van der Waals surface area contributed by atoms with Crippen LogP contribution in [0.1, 0.15) is 29.3 Å². The van der Waals surface area contributed by atoms with Crippen LogP contribution in [-0.2, 0) is 6.42 Å². The number of aryl methyl sites for hydroxylation is 2. The van der Waals surface area contributed by atoms with E-state index in [1.54, 1.807) is 18.6 Å². The molecule has 2 aromatic rings. The van der Waals surface area contributed by atoms with Crippen LogP contribution in [0.4, 0.5) is 0 Å². The van der Waals surface area contributed by atoms with E-state index in [0.29, 0.717) is 0 Å². The van der Waals surface area contributed by atoms with Gasteiger partial charge in [-0.25, -0.2) is 0 Å². The largest absolute Gasteiger partial charge is 0.271 e. The van der Waals surface area contributed by atoms with Crippen molar-refractivity contribution >= 4 is 0 Å². The zero-order valence-electron chi connectivity index (χ0n) is 10.5. The molecule has 0 amide bonds. The van der Waals surface area contributed by atoms with Gasteiger partial charge in [0.05, 0.1) is 17.9 Å². The van der Waals surface area contributed by atoms with Gasteiger partial charge in [-0.2, -0.15) is 0 Å². The fourth-order valence-electron chi connectivity index (χ4n) is 1.87. The van der Waals surface area contributed by atoms with E-state index < -0.39 is 0 Å². The Balaban J connectivity index is 1.97. The molecule has 4 nitrogen and oxygen atoms in total. The summed E-state index contributed by atoms with van der Waals surface area (Å²) in [5.74, 6) is 5.58. The Hall–Kier alpha value is -1.78. The predicted molar refractivity (Wildman–Crippen MR) is 71.6 cm³/mol. The van der Waals surface area contributed by atoms with Crippen molar-refractivity contribution in [2.75, 3.05) is 0 Å². The maximum Gasteiger partial charge on any atom is 0.0769 e. The van der Waals surface area contributed by atoms with Gasteiger partial charge >= 0.3 is 0 Å². The molecule has 0 bridgehead atoms. The second-order valence-electron chi connectivity index (χ2n) is 4.37. The third-order valence-corrected chi connectivity index (χ3v) is 2.98. The number of nitrogens with two attached hydrogens (primary N) is 1. The monoisotopic (exact) mass is 242 g/mol. The van der Waals surface area contributed by atoms with Crippen molar-refractivity contribution in [1.82, 2.24) is 15.4 Å². The van der Waals surface area contributed by atoms with Crippen molar-refractivity contribution in [1.29, 1.82) is 0 Å². The van der Waals surface area contributed by atoms with Crippen LogP contribution in [0.25, 0.3) is 0 Å². The summed E-state index contributed by atoms with van der Waals surface area (Å²) in [6.07, 6.45) is 6.96. The Labute approximate surface area is 107 Å². The fraction of sp³-hybridized carbons (Fsp3) is 0.286. The molecule has 1 unspecified atom stereocenters. The Morgan fingerprint density at radius 1 is 1.22 bits per heavy atom. The molecule has 1 aromatic heterocycles. The summed E-state index contributed by atoms with van der Waals surface area (Å²) in [6, 6.07) is 8.60. The smallest absolute Gasteiger partial charge is 0.0769 e. The minimum atomic E-state index is 0.0417. The molecule has 0 saturated carbocycles. The molecule has 4 heteroatoms. The first kappa shape index (κ1) is 12.7. The molecule has 18 heavy (non-hydrogen) atoms. The van der Waals surface area contributed by atoms with Crippen LogP contribution >= 0.6 is 0 Å². The normalized spacial score (nSPS) is 12.3. The lowest BCUT2D eigenvalue weighted by Crippen LogP contribution is -2.29. The molecule has 0 aliphatic carbocycles. The molecule has 0 fully saturated rings. The number of hydrazine groups is 1. The summed E-state index contributed by atoms with van der Waals surface area (Å²) < 4.78 is 0. The lowest BCUT2D eigenvalue weighted by atomic mass is 10.0. The highest BCUT2D eigenvalue weighted by Gasteiger charge is 2.10. The average molecular weight is 242 g/mol. The van der Waals surface area contributed by atoms with Gasteiger partial charge in [0.25, 0.3) is 0 Å². The van der Waals surface area contributed by atoms with Crippen molar-refractivity contribution < 1.29 is 0 Å². The molecule has 0 radical (unpaired) electrons. The molecule has 1 aromatic carbocycles. The summed E-state index contributed by atoms with van der Waals surface area (Å²) in [5.41, 5.74) is 6.27. The molecule has 3 N–H and O–H groups in total. The SMILES string of the molecule is Cc1ccc(CCC(NN)c2cnccn2)cc1. The van der Waals surface area contributed by atoms with Gasteiger partial charge in [0.1, 0.15) is 0 Å². The summed E-state index contributed by atoms with van der Waals surface area (Å²) in [7, 11) is 0. The minimum absolute atomic E-state index is 0.0417.